The van der Waals surface area contributed by atoms with Crippen LogP contribution in [-0.4, -0.2) is 55.1 Å². The van der Waals surface area contributed by atoms with E-state index in [2.05, 4.69) is 20.5 Å². The zero-order valence-electron chi connectivity index (χ0n) is 10.7. The highest BCUT2D eigenvalue weighted by Crippen LogP contribution is 2.11. The van der Waals surface area contributed by atoms with Gasteiger partial charge in [0.05, 0.1) is 4.92 Å². The molecule has 0 bridgehead atoms. The van der Waals surface area contributed by atoms with E-state index in [0.717, 1.165) is 26.2 Å². The van der Waals surface area contributed by atoms with Gasteiger partial charge in [0.2, 0.25) is 0 Å². The van der Waals surface area contributed by atoms with Crippen molar-refractivity contribution in [3.8, 4) is 0 Å². The molecular formula is C11H19N5O2. The maximum absolute atomic E-state index is 10.4. The number of aromatic nitrogens is 1. The lowest BCUT2D eigenvalue weighted by molar-refractivity contribution is -0.385. The van der Waals surface area contributed by atoms with E-state index in [0.29, 0.717) is 5.82 Å². The molecule has 1 rings (SSSR count). The van der Waals surface area contributed by atoms with Crippen LogP contribution in [0, 0.1) is 10.1 Å². The second kappa shape index (κ2) is 7.57. The molecular weight excluding hydrogens is 234 g/mol. The predicted molar refractivity (Wildman–Crippen MR) is 70.8 cm³/mol. The zero-order chi connectivity index (χ0) is 13.4. The Kier molecular flexibility index (Phi) is 6.03. The quantitative estimate of drug-likeness (QED) is 0.400. The number of anilines is 1. The van der Waals surface area contributed by atoms with E-state index in [-0.39, 0.29) is 5.69 Å². The summed E-state index contributed by atoms with van der Waals surface area (Å²) in [6, 6.07) is 3.05. The SMILES string of the molecule is CN(C)CCNCCNc1ccc([N+](=O)[O-])cn1. The Morgan fingerprint density at radius 2 is 2.11 bits per heavy atom. The van der Waals surface area contributed by atoms with Crippen molar-refractivity contribution < 1.29 is 4.92 Å². The van der Waals surface area contributed by atoms with Crippen LogP contribution >= 0.6 is 0 Å². The Labute approximate surface area is 106 Å². The van der Waals surface area contributed by atoms with Crippen LogP contribution in [0.3, 0.4) is 0 Å². The average Bonchev–Trinajstić information content (AvgIpc) is 2.34. The number of hydrogen-bond acceptors (Lipinski definition) is 6. The normalized spacial score (nSPS) is 10.6. The van der Waals surface area contributed by atoms with Gasteiger partial charge in [-0.15, -0.1) is 0 Å². The maximum Gasteiger partial charge on any atom is 0.287 e. The lowest BCUT2D eigenvalue weighted by Crippen LogP contribution is -2.30. The van der Waals surface area contributed by atoms with E-state index >= 15 is 0 Å². The fraction of sp³-hybridized carbons (Fsp3) is 0.545. The summed E-state index contributed by atoms with van der Waals surface area (Å²) >= 11 is 0. The molecule has 7 heteroatoms. The molecule has 1 aromatic heterocycles. The number of nitrogens with one attached hydrogen (secondary N) is 2. The standard InChI is InChI=1S/C11H19N5O2/c1-15(2)8-7-12-5-6-13-11-4-3-10(9-14-11)16(17)18/h3-4,9,12H,5-8H2,1-2H3,(H,13,14). The third-order valence-electron chi connectivity index (χ3n) is 2.30. The highest BCUT2D eigenvalue weighted by molar-refractivity contribution is 5.39. The molecule has 0 aliphatic heterocycles. The van der Waals surface area contributed by atoms with Crippen molar-refractivity contribution in [3.63, 3.8) is 0 Å². The summed E-state index contributed by atoms with van der Waals surface area (Å²) in [5, 5.41) is 16.8. The minimum atomic E-state index is -0.459. The fourth-order valence-electron chi connectivity index (χ4n) is 1.31. The number of pyridine rings is 1. The third-order valence-corrected chi connectivity index (χ3v) is 2.30. The molecule has 0 fully saturated rings. The molecule has 0 spiro atoms. The van der Waals surface area contributed by atoms with Crippen molar-refractivity contribution >= 4 is 11.5 Å². The highest BCUT2D eigenvalue weighted by Gasteiger charge is 2.04. The van der Waals surface area contributed by atoms with Crippen molar-refractivity contribution in [2.75, 3.05) is 45.6 Å². The molecule has 0 unspecified atom stereocenters. The van der Waals surface area contributed by atoms with Gasteiger partial charge in [0, 0.05) is 32.2 Å². The van der Waals surface area contributed by atoms with Gasteiger partial charge >= 0.3 is 0 Å². The van der Waals surface area contributed by atoms with Crippen LogP contribution in [0.1, 0.15) is 0 Å². The van der Waals surface area contributed by atoms with E-state index in [4.69, 9.17) is 0 Å². The van der Waals surface area contributed by atoms with Gasteiger partial charge < -0.3 is 15.5 Å². The van der Waals surface area contributed by atoms with Crippen molar-refractivity contribution in [1.29, 1.82) is 0 Å². The van der Waals surface area contributed by atoms with Gasteiger partial charge in [0.15, 0.2) is 0 Å². The number of likely N-dealkylation sites (N-methyl/N-ethyl adjacent to an activating group) is 1. The minimum Gasteiger partial charge on any atom is -0.369 e. The first-order valence-corrected chi connectivity index (χ1v) is 5.79. The molecule has 7 nitrogen and oxygen atoms in total. The summed E-state index contributed by atoms with van der Waals surface area (Å²) < 4.78 is 0. The largest absolute Gasteiger partial charge is 0.369 e. The Bertz CT molecular complexity index is 366. The summed E-state index contributed by atoms with van der Waals surface area (Å²) in [6.07, 6.45) is 1.25. The summed E-state index contributed by atoms with van der Waals surface area (Å²) in [7, 11) is 4.06. The molecule has 0 saturated carbocycles. The van der Waals surface area contributed by atoms with Crippen molar-refractivity contribution in [2.24, 2.45) is 0 Å². The molecule has 1 heterocycles. The number of hydrogen-bond donors (Lipinski definition) is 2. The number of nitro groups is 1. The zero-order valence-corrected chi connectivity index (χ0v) is 10.7. The Morgan fingerprint density at radius 1 is 1.33 bits per heavy atom. The smallest absolute Gasteiger partial charge is 0.287 e. The highest BCUT2D eigenvalue weighted by atomic mass is 16.6. The van der Waals surface area contributed by atoms with Gasteiger partial charge in [0.1, 0.15) is 12.0 Å². The molecule has 1 aromatic rings. The van der Waals surface area contributed by atoms with Crippen molar-refractivity contribution in [2.45, 2.75) is 0 Å². The van der Waals surface area contributed by atoms with Crippen molar-refractivity contribution in [1.82, 2.24) is 15.2 Å². The first kappa shape index (κ1) is 14.3. The molecule has 2 N–H and O–H groups in total. The van der Waals surface area contributed by atoms with Crippen LogP contribution in [-0.2, 0) is 0 Å². The molecule has 18 heavy (non-hydrogen) atoms. The summed E-state index contributed by atoms with van der Waals surface area (Å²) in [4.78, 5) is 16.0. The summed E-state index contributed by atoms with van der Waals surface area (Å²) in [6.45, 7) is 3.49. The number of nitrogens with zero attached hydrogens (tertiary/aromatic N) is 3. The molecule has 0 saturated heterocycles. The Morgan fingerprint density at radius 3 is 2.67 bits per heavy atom. The molecule has 0 amide bonds. The molecule has 0 aromatic carbocycles. The minimum absolute atomic E-state index is 0.00431. The van der Waals surface area contributed by atoms with Gasteiger partial charge in [-0.3, -0.25) is 10.1 Å². The molecule has 0 radical (unpaired) electrons. The second-order valence-electron chi connectivity index (χ2n) is 4.14. The maximum atomic E-state index is 10.4. The fourth-order valence-corrected chi connectivity index (χ4v) is 1.31. The van der Waals surface area contributed by atoms with Gasteiger partial charge in [-0.1, -0.05) is 0 Å². The van der Waals surface area contributed by atoms with E-state index in [1.54, 1.807) is 6.07 Å². The van der Waals surface area contributed by atoms with Crippen LogP contribution in [0.2, 0.25) is 0 Å². The lowest BCUT2D eigenvalue weighted by atomic mass is 10.4. The predicted octanol–water partition coefficient (Wildman–Crippen LogP) is 0.553. The molecule has 100 valence electrons. The Hall–Kier alpha value is -1.73. The summed E-state index contributed by atoms with van der Waals surface area (Å²) in [5.74, 6) is 0.648. The van der Waals surface area contributed by atoms with E-state index in [9.17, 15) is 10.1 Å². The van der Waals surface area contributed by atoms with Crippen LogP contribution < -0.4 is 10.6 Å². The topological polar surface area (TPSA) is 83.3 Å². The first-order chi connectivity index (χ1) is 8.59. The molecule has 0 aliphatic rings. The van der Waals surface area contributed by atoms with Crippen LogP contribution in [0.5, 0.6) is 0 Å². The van der Waals surface area contributed by atoms with Gasteiger partial charge in [-0.25, -0.2) is 4.98 Å². The Balaban J connectivity index is 2.17. The van der Waals surface area contributed by atoms with Gasteiger partial charge in [0.25, 0.3) is 5.69 Å². The van der Waals surface area contributed by atoms with Crippen LogP contribution in [0.4, 0.5) is 11.5 Å². The monoisotopic (exact) mass is 253 g/mol. The van der Waals surface area contributed by atoms with Crippen molar-refractivity contribution in [3.05, 3.63) is 28.4 Å². The second-order valence-corrected chi connectivity index (χ2v) is 4.14. The first-order valence-electron chi connectivity index (χ1n) is 5.79. The van der Waals surface area contributed by atoms with E-state index in [1.165, 1.54) is 12.3 Å². The van der Waals surface area contributed by atoms with Crippen LogP contribution in [0.15, 0.2) is 18.3 Å². The van der Waals surface area contributed by atoms with Gasteiger partial charge in [-0.05, 0) is 20.2 Å². The van der Waals surface area contributed by atoms with Crippen LogP contribution in [0.25, 0.3) is 0 Å². The van der Waals surface area contributed by atoms with E-state index in [1.807, 2.05) is 14.1 Å². The molecule has 0 atom stereocenters. The molecule has 0 aliphatic carbocycles. The summed E-state index contributed by atoms with van der Waals surface area (Å²) in [5.41, 5.74) is 0.00431. The number of rotatable bonds is 8. The third kappa shape index (κ3) is 5.55. The van der Waals surface area contributed by atoms with Gasteiger partial charge in [-0.2, -0.15) is 0 Å². The average molecular weight is 253 g/mol. The lowest BCUT2D eigenvalue weighted by Gasteiger charge is -2.10. The van der Waals surface area contributed by atoms with E-state index < -0.39 is 4.92 Å².